The van der Waals surface area contributed by atoms with Gasteiger partial charge in [0.1, 0.15) is 10.5 Å². The molecule has 3 rings (SSSR count). The van der Waals surface area contributed by atoms with E-state index in [1.54, 1.807) is 12.1 Å². The molecule has 6 heteroatoms. The second-order valence-electron chi connectivity index (χ2n) is 4.39. The van der Waals surface area contributed by atoms with E-state index in [0.29, 0.717) is 16.6 Å². The zero-order valence-corrected chi connectivity index (χ0v) is 11.2. The molecule has 0 fully saturated rings. The van der Waals surface area contributed by atoms with Crippen LogP contribution in [-0.2, 0) is 0 Å². The second-order valence-corrected chi connectivity index (χ2v) is 5.59. The van der Waals surface area contributed by atoms with Crippen LogP contribution in [-0.4, -0.2) is 15.3 Å². The number of carbonyl (C=O) groups is 1. The fourth-order valence-corrected chi connectivity index (χ4v) is 3.08. The summed E-state index contributed by atoms with van der Waals surface area (Å²) in [6, 6.07) is 3.20. The normalized spacial score (nSPS) is 11.3. The van der Waals surface area contributed by atoms with E-state index in [4.69, 9.17) is 5.73 Å². The average molecular weight is 273 g/mol. The van der Waals surface area contributed by atoms with Crippen molar-refractivity contribution in [3.05, 3.63) is 44.7 Å². The van der Waals surface area contributed by atoms with Crippen molar-refractivity contribution < 1.29 is 4.79 Å². The molecule has 2 N–H and O–H groups in total. The standard InChI is InChI=1S/C13H11N3O2S/c1-6-7(2)19-12-10(6)13(18)16-5-8(11(14)17)3-4-9(16)15-12/h3-5H,1-2H3,(H2,14,17). The smallest absolute Gasteiger partial charge is 0.266 e. The van der Waals surface area contributed by atoms with Crippen molar-refractivity contribution in [2.45, 2.75) is 13.8 Å². The van der Waals surface area contributed by atoms with Crippen LogP contribution in [0.4, 0.5) is 0 Å². The molecule has 3 aromatic heterocycles. The summed E-state index contributed by atoms with van der Waals surface area (Å²) in [5.74, 6) is -0.563. The fraction of sp³-hybridized carbons (Fsp3) is 0.154. The molecular formula is C13H11N3O2S. The van der Waals surface area contributed by atoms with E-state index in [9.17, 15) is 9.59 Å². The van der Waals surface area contributed by atoms with E-state index in [0.717, 1.165) is 15.3 Å². The Bertz CT molecular complexity index is 892. The Kier molecular flexibility index (Phi) is 2.43. The number of pyridine rings is 1. The average Bonchev–Trinajstić information content (AvgIpc) is 2.65. The molecule has 0 saturated carbocycles. The Morgan fingerprint density at radius 1 is 1.37 bits per heavy atom. The molecule has 5 nitrogen and oxygen atoms in total. The topological polar surface area (TPSA) is 77.5 Å². The van der Waals surface area contributed by atoms with Crippen LogP contribution < -0.4 is 11.3 Å². The summed E-state index contributed by atoms with van der Waals surface area (Å²) in [6.07, 6.45) is 1.44. The number of hydrogen-bond donors (Lipinski definition) is 1. The van der Waals surface area contributed by atoms with Crippen molar-refractivity contribution in [3.63, 3.8) is 0 Å². The Hall–Kier alpha value is -2.21. The molecule has 1 amide bonds. The number of primary amides is 1. The maximum Gasteiger partial charge on any atom is 0.266 e. The fourth-order valence-electron chi connectivity index (χ4n) is 2.06. The second kappa shape index (κ2) is 3.89. The van der Waals surface area contributed by atoms with E-state index < -0.39 is 5.91 Å². The van der Waals surface area contributed by atoms with Gasteiger partial charge in [0.15, 0.2) is 0 Å². The number of fused-ring (bicyclic) bond motifs is 2. The highest BCUT2D eigenvalue weighted by molar-refractivity contribution is 7.18. The minimum absolute atomic E-state index is 0.162. The molecular weight excluding hydrogens is 262 g/mol. The molecule has 0 radical (unpaired) electrons. The summed E-state index contributed by atoms with van der Waals surface area (Å²) in [7, 11) is 0. The third-order valence-corrected chi connectivity index (χ3v) is 4.33. The summed E-state index contributed by atoms with van der Waals surface area (Å²) in [6.45, 7) is 3.87. The molecule has 0 bridgehead atoms. The molecule has 0 spiro atoms. The lowest BCUT2D eigenvalue weighted by molar-refractivity contribution is 0.1000. The van der Waals surface area contributed by atoms with Crippen molar-refractivity contribution in [2.24, 2.45) is 5.73 Å². The first kappa shape index (κ1) is 11.9. The van der Waals surface area contributed by atoms with Crippen LogP contribution in [0.3, 0.4) is 0 Å². The van der Waals surface area contributed by atoms with E-state index in [-0.39, 0.29) is 5.56 Å². The summed E-state index contributed by atoms with van der Waals surface area (Å²) in [4.78, 5) is 29.9. The highest BCUT2D eigenvalue weighted by Gasteiger charge is 2.13. The number of aromatic nitrogens is 2. The number of nitrogens with two attached hydrogens (primary N) is 1. The molecule has 0 aliphatic heterocycles. The molecule has 0 unspecified atom stereocenters. The molecule has 19 heavy (non-hydrogen) atoms. The number of hydrogen-bond acceptors (Lipinski definition) is 4. The number of nitrogens with zero attached hydrogens (tertiary/aromatic N) is 2. The van der Waals surface area contributed by atoms with Crippen molar-refractivity contribution in [1.29, 1.82) is 0 Å². The molecule has 0 aliphatic carbocycles. The van der Waals surface area contributed by atoms with Crippen LogP contribution in [0, 0.1) is 13.8 Å². The SMILES string of the molecule is Cc1sc2nc3ccc(C(N)=O)cn3c(=O)c2c1C. The molecule has 0 atom stereocenters. The third kappa shape index (κ3) is 1.64. The van der Waals surface area contributed by atoms with Crippen LogP contribution >= 0.6 is 11.3 Å². The van der Waals surface area contributed by atoms with Gasteiger partial charge in [-0.25, -0.2) is 4.98 Å². The molecule has 3 aromatic rings. The quantitative estimate of drug-likeness (QED) is 0.732. The Morgan fingerprint density at radius 3 is 2.79 bits per heavy atom. The first-order valence-electron chi connectivity index (χ1n) is 5.71. The summed E-state index contributed by atoms with van der Waals surface area (Å²) < 4.78 is 1.38. The van der Waals surface area contributed by atoms with Crippen molar-refractivity contribution >= 4 is 33.1 Å². The van der Waals surface area contributed by atoms with E-state index in [1.807, 2.05) is 13.8 Å². The number of carbonyl (C=O) groups excluding carboxylic acids is 1. The molecule has 0 saturated heterocycles. The van der Waals surface area contributed by atoms with Gasteiger partial charge in [0.25, 0.3) is 5.56 Å². The van der Waals surface area contributed by atoms with Crippen molar-refractivity contribution in [2.75, 3.05) is 0 Å². The minimum Gasteiger partial charge on any atom is -0.366 e. The Labute approximate surface area is 112 Å². The van der Waals surface area contributed by atoms with Gasteiger partial charge in [-0.05, 0) is 31.5 Å². The lowest BCUT2D eigenvalue weighted by atomic mass is 10.2. The highest BCUT2D eigenvalue weighted by atomic mass is 32.1. The lowest BCUT2D eigenvalue weighted by Gasteiger charge is -2.02. The first-order valence-corrected chi connectivity index (χ1v) is 6.52. The van der Waals surface area contributed by atoms with Crippen molar-refractivity contribution in [3.8, 4) is 0 Å². The van der Waals surface area contributed by atoms with Gasteiger partial charge in [-0.15, -0.1) is 11.3 Å². The predicted molar refractivity (Wildman–Crippen MR) is 74.8 cm³/mol. The zero-order valence-electron chi connectivity index (χ0n) is 10.4. The van der Waals surface area contributed by atoms with Gasteiger partial charge in [0.05, 0.1) is 10.9 Å². The lowest BCUT2D eigenvalue weighted by Crippen LogP contribution is -2.18. The summed E-state index contributed by atoms with van der Waals surface area (Å²) in [5.41, 5.74) is 6.82. The van der Waals surface area contributed by atoms with Crippen molar-refractivity contribution in [1.82, 2.24) is 9.38 Å². The van der Waals surface area contributed by atoms with Gasteiger partial charge < -0.3 is 5.73 Å². The van der Waals surface area contributed by atoms with Gasteiger partial charge in [-0.2, -0.15) is 0 Å². The van der Waals surface area contributed by atoms with Crippen LogP contribution in [0.2, 0.25) is 0 Å². The van der Waals surface area contributed by atoms with E-state index in [2.05, 4.69) is 4.98 Å². The molecule has 0 aromatic carbocycles. The van der Waals surface area contributed by atoms with Gasteiger partial charge in [0, 0.05) is 11.1 Å². The highest BCUT2D eigenvalue weighted by Crippen LogP contribution is 2.26. The van der Waals surface area contributed by atoms with Crippen LogP contribution in [0.25, 0.3) is 15.9 Å². The van der Waals surface area contributed by atoms with E-state index in [1.165, 1.54) is 21.9 Å². The summed E-state index contributed by atoms with van der Waals surface area (Å²) >= 11 is 1.50. The maximum atomic E-state index is 12.5. The number of rotatable bonds is 1. The third-order valence-electron chi connectivity index (χ3n) is 3.23. The Balaban J connectivity index is 2.52. The van der Waals surface area contributed by atoms with Crippen LogP contribution in [0.5, 0.6) is 0 Å². The monoisotopic (exact) mass is 273 g/mol. The number of amides is 1. The first-order chi connectivity index (χ1) is 8.99. The summed E-state index contributed by atoms with van der Waals surface area (Å²) in [5, 5.41) is 0.613. The number of aryl methyl sites for hydroxylation is 2. The molecule has 96 valence electrons. The maximum absolute atomic E-state index is 12.5. The molecule has 3 heterocycles. The largest absolute Gasteiger partial charge is 0.366 e. The Morgan fingerprint density at radius 2 is 2.11 bits per heavy atom. The molecule has 0 aliphatic rings. The minimum atomic E-state index is -0.563. The van der Waals surface area contributed by atoms with Gasteiger partial charge in [0.2, 0.25) is 5.91 Å². The van der Waals surface area contributed by atoms with Gasteiger partial charge in [-0.3, -0.25) is 14.0 Å². The van der Waals surface area contributed by atoms with Gasteiger partial charge in [-0.1, -0.05) is 0 Å². The van der Waals surface area contributed by atoms with E-state index >= 15 is 0 Å². The van der Waals surface area contributed by atoms with Gasteiger partial charge >= 0.3 is 0 Å². The predicted octanol–water partition coefficient (Wildman–Crippen LogP) is 1.62. The van der Waals surface area contributed by atoms with Crippen LogP contribution in [0.1, 0.15) is 20.8 Å². The zero-order chi connectivity index (χ0) is 13.7. The van der Waals surface area contributed by atoms with Crippen LogP contribution in [0.15, 0.2) is 23.1 Å². The number of thiophene rings is 1.